The zero-order valence-corrected chi connectivity index (χ0v) is 6.13. The Kier molecular flexibility index (Phi) is 3.68. The first-order valence-corrected chi connectivity index (χ1v) is 3.64. The smallest absolute Gasteiger partial charge is 0.384 e. The lowest BCUT2D eigenvalue weighted by Crippen LogP contribution is -2.19. The zero-order valence-electron chi connectivity index (χ0n) is 4.98. The van der Waals surface area contributed by atoms with Crippen molar-refractivity contribution in [3.63, 3.8) is 0 Å². The van der Waals surface area contributed by atoms with E-state index in [1.165, 1.54) is 14.2 Å². The molecule has 0 N–H and O–H groups in total. The van der Waals surface area contributed by atoms with Crippen LogP contribution in [0.25, 0.3) is 0 Å². The maximum absolute atomic E-state index is 12.0. The Labute approximate surface area is 49.8 Å². The Bertz CT molecular complexity index is 82.1. The minimum absolute atomic E-state index is 0.477. The van der Waals surface area contributed by atoms with E-state index in [4.69, 9.17) is 0 Å². The average Bonchev–Trinajstić information content (AvgIpc) is 1.69. The molecule has 0 amide bonds. The van der Waals surface area contributed by atoms with Gasteiger partial charge in [0.25, 0.3) is 0 Å². The number of halogens is 1. The van der Waals surface area contributed by atoms with Gasteiger partial charge in [-0.3, -0.25) is 0 Å². The summed E-state index contributed by atoms with van der Waals surface area (Å²) in [6.45, 7) is 3.04. The van der Waals surface area contributed by atoms with Crippen molar-refractivity contribution in [1.29, 1.82) is 0 Å². The Morgan fingerprint density at radius 2 is 1.88 bits per heavy atom. The van der Waals surface area contributed by atoms with E-state index in [2.05, 4.69) is 15.4 Å². The second-order valence-electron chi connectivity index (χ2n) is 1.25. The van der Waals surface area contributed by atoms with E-state index in [1.54, 1.807) is 0 Å². The standard InChI is InChI=1S/C4H9FO2Si/c1-4(5)8(6-2)7-3/h8H,1H2,2-3H3. The van der Waals surface area contributed by atoms with E-state index >= 15 is 0 Å². The van der Waals surface area contributed by atoms with Crippen molar-refractivity contribution < 1.29 is 13.2 Å². The second-order valence-corrected chi connectivity index (χ2v) is 3.48. The van der Waals surface area contributed by atoms with Gasteiger partial charge in [-0.05, 0) is 0 Å². The van der Waals surface area contributed by atoms with Gasteiger partial charge in [-0.25, -0.2) is 4.39 Å². The molecule has 0 heterocycles. The van der Waals surface area contributed by atoms with Gasteiger partial charge in [0, 0.05) is 14.2 Å². The summed E-state index contributed by atoms with van der Waals surface area (Å²) >= 11 is 0. The molecule has 0 fully saturated rings. The van der Waals surface area contributed by atoms with E-state index < -0.39 is 14.7 Å². The monoisotopic (exact) mass is 136 g/mol. The maximum atomic E-state index is 12.0. The summed E-state index contributed by atoms with van der Waals surface area (Å²) in [5.74, 6) is 0. The Morgan fingerprint density at radius 1 is 1.50 bits per heavy atom. The third kappa shape index (κ3) is 2.20. The number of rotatable bonds is 3. The lowest BCUT2D eigenvalue weighted by Gasteiger charge is -2.05. The minimum atomic E-state index is -2.13. The summed E-state index contributed by atoms with van der Waals surface area (Å²) in [6, 6.07) is 0. The van der Waals surface area contributed by atoms with Crippen LogP contribution in [0.2, 0.25) is 0 Å². The van der Waals surface area contributed by atoms with E-state index in [-0.39, 0.29) is 0 Å². The van der Waals surface area contributed by atoms with E-state index in [9.17, 15) is 4.39 Å². The lowest BCUT2D eigenvalue weighted by molar-refractivity contribution is 0.277. The van der Waals surface area contributed by atoms with Crippen molar-refractivity contribution in [1.82, 2.24) is 0 Å². The third-order valence-electron chi connectivity index (χ3n) is 0.684. The molecule has 0 bridgehead atoms. The fraction of sp³-hybridized carbons (Fsp3) is 0.500. The molecule has 0 aliphatic rings. The second kappa shape index (κ2) is 3.77. The molecule has 0 aromatic heterocycles. The Morgan fingerprint density at radius 3 is 1.88 bits per heavy atom. The van der Waals surface area contributed by atoms with Crippen LogP contribution < -0.4 is 0 Å². The Hall–Kier alpha value is -0.193. The largest absolute Gasteiger partial charge is 0.395 e. The maximum Gasteiger partial charge on any atom is 0.384 e. The van der Waals surface area contributed by atoms with Crippen molar-refractivity contribution in [2.75, 3.05) is 14.2 Å². The molecule has 0 saturated carbocycles. The van der Waals surface area contributed by atoms with E-state index in [0.29, 0.717) is 0 Å². The highest BCUT2D eigenvalue weighted by molar-refractivity contribution is 6.52. The SMILES string of the molecule is C=C(F)[SiH](OC)OC. The Balaban J connectivity index is 3.52. The number of hydrogen-bond donors (Lipinski definition) is 0. The topological polar surface area (TPSA) is 18.5 Å². The molecule has 8 heavy (non-hydrogen) atoms. The highest BCUT2D eigenvalue weighted by atomic mass is 28.3. The van der Waals surface area contributed by atoms with Crippen LogP contribution in [0.1, 0.15) is 0 Å². The molecule has 0 spiro atoms. The molecule has 0 aromatic rings. The van der Waals surface area contributed by atoms with Crippen molar-refractivity contribution >= 4 is 9.28 Å². The van der Waals surface area contributed by atoms with Gasteiger partial charge in [0.05, 0.1) is 0 Å². The lowest BCUT2D eigenvalue weighted by atomic mass is 11.2. The molecule has 0 unspecified atom stereocenters. The molecule has 0 aromatic carbocycles. The van der Waals surface area contributed by atoms with Crippen LogP contribution in [0.3, 0.4) is 0 Å². The average molecular weight is 136 g/mol. The van der Waals surface area contributed by atoms with Gasteiger partial charge in [0.2, 0.25) is 0 Å². The zero-order chi connectivity index (χ0) is 6.57. The molecule has 0 atom stereocenters. The quantitative estimate of drug-likeness (QED) is 0.527. The summed E-state index contributed by atoms with van der Waals surface area (Å²) in [4.78, 5) is 0. The van der Waals surface area contributed by atoms with Crippen LogP contribution in [0, 0.1) is 0 Å². The normalized spacial score (nSPS) is 10.0. The fourth-order valence-electron chi connectivity index (χ4n) is 0.352. The van der Waals surface area contributed by atoms with Crippen molar-refractivity contribution in [3.05, 3.63) is 12.0 Å². The van der Waals surface area contributed by atoms with Crippen LogP contribution in [-0.4, -0.2) is 23.5 Å². The molecule has 4 heteroatoms. The van der Waals surface area contributed by atoms with Gasteiger partial charge in [-0.2, -0.15) is 0 Å². The predicted octanol–water partition coefficient (Wildman–Crippen LogP) is 0.522. The minimum Gasteiger partial charge on any atom is -0.395 e. The molecule has 0 radical (unpaired) electrons. The molecule has 0 saturated heterocycles. The summed E-state index contributed by atoms with van der Waals surface area (Å²) in [5.41, 5.74) is -0.477. The van der Waals surface area contributed by atoms with Crippen LogP contribution in [0.15, 0.2) is 12.0 Å². The van der Waals surface area contributed by atoms with Gasteiger partial charge in [-0.1, -0.05) is 6.58 Å². The van der Waals surface area contributed by atoms with Gasteiger partial charge in [0.1, 0.15) is 5.45 Å². The van der Waals surface area contributed by atoms with Crippen molar-refractivity contribution in [3.8, 4) is 0 Å². The molecule has 0 aliphatic carbocycles. The number of hydrogen-bond acceptors (Lipinski definition) is 2. The summed E-state index contributed by atoms with van der Waals surface area (Å²) in [5, 5.41) is 0. The van der Waals surface area contributed by atoms with Crippen LogP contribution in [0.4, 0.5) is 4.39 Å². The van der Waals surface area contributed by atoms with Crippen molar-refractivity contribution in [2.24, 2.45) is 0 Å². The highest BCUT2D eigenvalue weighted by Crippen LogP contribution is 1.98. The molecule has 0 rings (SSSR count). The first kappa shape index (κ1) is 7.81. The molecular weight excluding hydrogens is 127 g/mol. The molecule has 48 valence electrons. The predicted molar refractivity (Wildman–Crippen MR) is 31.4 cm³/mol. The van der Waals surface area contributed by atoms with Crippen molar-refractivity contribution in [2.45, 2.75) is 0 Å². The van der Waals surface area contributed by atoms with Gasteiger partial charge < -0.3 is 8.85 Å². The first-order valence-electron chi connectivity index (χ1n) is 2.12. The van der Waals surface area contributed by atoms with Crippen LogP contribution in [0.5, 0.6) is 0 Å². The first-order chi connectivity index (χ1) is 3.72. The third-order valence-corrected chi connectivity index (χ3v) is 2.05. The molecule has 0 aliphatic heterocycles. The summed E-state index contributed by atoms with van der Waals surface area (Å²) in [7, 11) is 0.689. The summed E-state index contributed by atoms with van der Waals surface area (Å²) < 4.78 is 21.2. The highest BCUT2D eigenvalue weighted by Gasteiger charge is 2.12. The van der Waals surface area contributed by atoms with E-state index in [0.717, 1.165) is 0 Å². The van der Waals surface area contributed by atoms with Gasteiger partial charge in [0.15, 0.2) is 0 Å². The van der Waals surface area contributed by atoms with E-state index in [1.807, 2.05) is 0 Å². The summed E-state index contributed by atoms with van der Waals surface area (Å²) in [6.07, 6.45) is 0. The van der Waals surface area contributed by atoms with Crippen LogP contribution >= 0.6 is 0 Å². The fourth-order valence-corrected chi connectivity index (χ4v) is 1.06. The van der Waals surface area contributed by atoms with Gasteiger partial charge in [-0.15, -0.1) is 0 Å². The molecular formula is C4H9FO2Si. The molecule has 2 nitrogen and oxygen atoms in total. The van der Waals surface area contributed by atoms with Crippen LogP contribution in [-0.2, 0) is 8.85 Å². The van der Waals surface area contributed by atoms with Gasteiger partial charge >= 0.3 is 9.28 Å².